The van der Waals surface area contributed by atoms with Gasteiger partial charge in [-0.3, -0.25) is 4.79 Å². The van der Waals surface area contributed by atoms with Crippen LogP contribution in [-0.2, 0) is 4.79 Å². The minimum Gasteiger partial charge on any atom is -0.352 e. The quantitative estimate of drug-likeness (QED) is 0.812. The van der Waals surface area contributed by atoms with Crippen molar-refractivity contribution in [1.82, 2.24) is 10.6 Å². The van der Waals surface area contributed by atoms with Gasteiger partial charge in [0.2, 0.25) is 5.91 Å². The lowest BCUT2D eigenvalue weighted by Gasteiger charge is -2.34. The van der Waals surface area contributed by atoms with E-state index in [0.29, 0.717) is 19.4 Å². The molecule has 0 bridgehead atoms. The van der Waals surface area contributed by atoms with Crippen molar-refractivity contribution < 1.29 is 18.0 Å². The van der Waals surface area contributed by atoms with Crippen molar-refractivity contribution in [3.63, 3.8) is 0 Å². The third kappa shape index (κ3) is 3.41. The summed E-state index contributed by atoms with van der Waals surface area (Å²) in [6, 6.07) is -0.742. The van der Waals surface area contributed by atoms with Gasteiger partial charge >= 0.3 is 6.18 Å². The van der Waals surface area contributed by atoms with Crippen molar-refractivity contribution in [3.8, 4) is 0 Å². The van der Waals surface area contributed by atoms with Gasteiger partial charge in [-0.15, -0.1) is 0 Å². The van der Waals surface area contributed by atoms with Crippen LogP contribution in [0.1, 0.15) is 32.6 Å². The van der Waals surface area contributed by atoms with E-state index in [1.807, 2.05) is 6.92 Å². The van der Waals surface area contributed by atoms with Crippen LogP contribution in [0, 0.1) is 17.8 Å². The summed E-state index contributed by atoms with van der Waals surface area (Å²) in [4.78, 5) is 12.1. The highest BCUT2D eigenvalue weighted by Gasteiger charge is 2.46. The summed E-state index contributed by atoms with van der Waals surface area (Å²) in [5.41, 5.74) is 0. The Kier molecular flexibility index (Phi) is 4.38. The fourth-order valence-corrected chi connectivity index (χ4v) is 3.15. The number of amides is 1. The molecule has 19 heavy (non-hydrogen) atoms. The number of hydrogen-bond acceptors (Lipinski definition) is 2. The van der Waals surface area contributed by atoms with E-state index in [2.05, 4.69) is 10.6 Å². The smallest absolute Gasteiger partial charge is 0.352 e. The fraction of sp³-hybridized carbons (Fsp3) is 0.923. The van der Waals surface area contributed by atoms with Gasteiger partial charge in [0.05, 0.1) is 11.8 Å². The Balaban J connectivity index is 1.97. The van der Waals surface area contributed by atoms with E-state index in [1.165, 1.54) is 0 Å². The molecule has 1 amide bonds. The van der Waals surface area contributed by atoms with Gasteiger partial charge in [-0.25, -0.2) is 0 Å². The normalized spacial score (nSPS) is 36.2. The van der Waals surface area contributed by atoms with Crippen LogP contribution in [0.15, 0.2) is 0 Å². The Morgan fingerprint density at radius 2 is 1.89 bits per heavy atom. The van der Waals surface area contributed by atoms with E-state index in [1.54, 1.807) is 0 Å². The summed E-state index contributed by atoms with van der Waals surface area (Å²) in [6.45, 7) is 3.27. The lowest BCUT2D eigenvalue weighted by molar-refractivity contribution is -0.189. The molecule has 0 aromatic rings. The zero-order chi connectivity index (χ0) is 14.0. The van der Waals surface area contributed by atoms with E-state index in [0.717, 1.165) is 13.0 Å². The van der Waals surface area contributed by atoms with Crippen LogP contribution >= 0.6 is 0 Å². The first-order valence-electron chi connectivity index (χ1n) is 6.97. The molecule has 2 N–H and O–H groups in total. The van der Waals surface area contributed by atoms with Crippen molar-refractivity contribution in [2.75, 3.05) is 13.1 Å². The molecule has 1 saturated carbocycles. The molecule has 110 valence electrons. The molecular weight excluding hydrogens is 257 g/mol. The Labute approximate surface area is 111 Å². The summed E-state index contributed by atoms with van der Waals surface area (Å²) in [5.74, 6) is -1.61. The van der Waals surface area contributed by atoms with E-state index in [9.17, 15) is 18.0 Å². The van der Waals surface area contributed by atoms with Gasteiger partial charge in [-0.1, -0.05) is 19.8 Å². The molecule has 0 aromatic carbocycles. The highest BCUT2D eigenvalue weighted by molar-refractivity contribution is 5.79. The molecule has 1 heterocycles. The van der Waals surface area contributed by atoms with E-state index < -0.39 is 18.1 Å². The molecule has 6 heteroatoms. The molecule has 0 radical (unpaired) electrons. The molecule has 2 unspecified atom stereocenters. The summed E-state index contributed by atoms with van der Waals surface area (Å²) >= 11 is 0. The Morgan fingerprint density at radius 1 is 1.21 bits per heavy atom. The third-order valence-corrected chi connectivity index (χ3v) is 4.37. The van der Waals surface area contributed by atoms with Crippen LogP contribution in [0.3, 0.4) is 0 Å². The van der Waals surface area contributed by atoms with Crippen molar-refractivity contribution in [2.24, 2.45) is 17.8 Å². The topological polar surface area (TPSA) is 41.1 Å². The number of hydrogen-bond donors (Lipinski definition) is 2. The summed E-state index contributed by atoms with van der Waals surface area (Å²) < 4.78 is 38.8. The Hall–Kier alpha value is -0.780. The van der Waals surface area contributed by atoms with Crippen LogP contribution in [-0.4, -0.2) is 31.2 Å². The highest BCUT2D eigenvalue weighted by atomic mass is 19.4. The SMILES string of the molecule is C[C@@H]1CNC[C@H]1C(=O)NC1CCCCC1C(F)(F)F. The Morgan fingerprint density at radius 3 is 2.47 bits per heavy atom. The minimum absolute atomic E-state index is 0.132. The van der Waals surface area contributed by atoms with Gasteiger partial charge in [0.25, 0.3) is 0 Å². The molecule has 4 atom stereocenters. The van der Waals surface area contributed by atoms with Crippen LogP contribution in [0.2, 0.25) is 0 Å². The van der Waals surface area contributed by atoms with Gasteiger partial charge in [0.1, 0.15) is 0 Å². The second-order valence-corrected chi connectivity index (χ2v) is 5.79. The first-order chi connectivity index (χ1) is 8.89. The number of halogens is 3. The van der Waals surface area contributed by atoms with Crippen LogP contribution in [0.25, 0.3) is 0 Å². The molecule has 0 aromatic heterocycles. The highest BCUT2D eigenvalue weighted by Crippen LogP contribution is 2.37. The van der Waals surface area contributed by atoms with E-state index in [4.69, 9.17) is 0 Å². The second kappa shape index (κ2) is 5.69. The average molecular weight is 278 g/mol. The standard InChI is InChI=1S/C13H21F3N2O/c1-8-6-17-7-9(8)12(19)18-11-5-3-2-4-10(11)13(14,15)16/h8-11,17H,2-7H2,1H3,(H,18,19)/t8-,9-,10?,11?/m1/s1. The monoisotopic (exact) mass is 278 g/mol. The number of rotatable bonds is 2. The number of alkyl halides is 3. The first-order valence-corrected chi connectivity index (χ1v) is 6.97. The third-order valence-electron chi connectivity index (χ3n) is 4.37. The molecule has 2 fully saturated rings. The summed E-state index contributed by atoms with van der Waals surface area (Å²) in [7, 11) is 0. The van der Waals surface area contributed by atoms with Gasteiger partial charge in [-0.05, 0) is 25.3 Å². The Bertz CT molecular complexity index is 332. The predicted octanol–water partition coefficient (Wildman–Crippen LogP) is 2.08. The lowest BCUT2D eigenvalue weighted by Crippen LogP contribution is -2.50. The largest absolute Gasteiger partial charge is 0.393 e. The fourth-order valence-electron chi connectivity index (χ4n) is 3.15. The van der Waals surface area contributed by atoms with E-state index in [-0.39, 0.29) is 24.2 Å². The molecule has 1 saturated heterocycles. The van der Waals surface area contributed by atoms with Gasteiger partial charge in [-0.2, -0.15) is 13.2 Å². The first kappa shape index (κ1) is 14.6. The van der Waals surface area contributed by atoms with Gasteiger partial charge in [0, 0.05) is 12.6 Å². The van der Waals surface area contributed by atoms with Crippen LogP contribution in [0.4, 0.5) is 13.2 Å². The number of nitrogens with one attached hydrogen (secondary N) is 2. The van der Waals surface area contributed by atoms with Crippen molar-refractivity contribution in [2.45, 2.75) is 44.8 Å². The minimum atomic E-state index is -4.21. The molecular formula is C13H21F3N2O. The average Bonchev–Trinajstić information content (AvgIpc) is 2.75. The molecule has 2 rings (SSSR count). The van der Waals surface area contributed by atoms with Crippen molar-refractivity contribution in [1.29, 1.82) is 0 Å². The summed E-state index contributed by atoms with van der Waals surface area (Å²) in [6.07, 6.45) is -2.29. The maximum atomic E-state index is 12.9. The zero-order valence-electron chi connectivity index (χ0n) is 11.1. The maximum absolute atomic E-state index is 12.9. The van der Waals surface area contributed by atoms with Crippen molar-refractivity contribution >= 4 is 5.91 Å². The number of carbonyl (C=O) groups is 1. The predicted molar refractivity (Wildman–Crippen MR) is 65.5 cm³/mol. The van der Waals surface area contributed by atoms with Gasteiger partial charge < -0.3 is 10.6 Å². The molecule has 3 nitrogen and oxygen atoms in total. The van der Waals surface area contributed by atoms with Gasteiger partial charge in [0.15, 0.2) is 0 Å². The van der Waals surface area contributed by atoms with Crippen LogP contribution in [0.5, 0.6) is 0 Å². The molecule has 0 spiro atoms. The molecule has 1 aliphatic carbocycles. The summed E-state index contributed by atoms with van der Waals surface area (Å²) in [5, 5.41) is 5.75. The second-order valence-electron chi connectivity index (χ2n) is 5.79. The molecule has 1 aliphatic heterocycles. The number of carbonyl (C=O) groups excluding carboxylic acids is 1. The van der Waals surface area contributed by atoms with Crippen LogP contribution < -0.4 is 10.6 Å². The molecule has 2 aliphatic rings. The maximum Gasteiger partial charge on any atom is 0.393 e. The van der Waals surface area contributed by atoms with Crippen molar-refractivity contribution in [3.05, 3.63) is 0 Å². The lowest BCUT2D eigenvalue weighted by atomic mass is 9.83. The van der Waals surface area contributed by atoms with E-state index >= 15 is 0 Å². The zero-order valence-corrected chi connectivity index (χ0v) is 11.1.